The smallest absolute Gasteiger partial charge is 0.254 e. The van der Waals surface area contributed by atoms with E-state index in [0.29, 0.717) is 17.8 Å². The molecule has 17 heavy (non-hydrogen) atoms. The van der Waals surface area contributed by atoms with Crippen molar-refractivity contribution in [2.75, 3.05) is 12.3 Å². The van der Waals surface area contributed by atoms with Crippen molar-refractivity contribution in [1.29, 1.82) is 0 Å². The molecule has 0 unspecified atom stereocenters. The summed E-state index contributed by atoms with van der Waals surface area (Å²) in [6.07, 6.45) is 2.45. The van der Waals surface area contributed by atoms with Gasteiger partial charge in [-0.15, -0.1) is 0 Å². The third kappa shape index (κ3) is 4.43. The molecule has 0 radical (unpaired) electrons. The number of hydrogen-bond donors (Lipinski definition) is 2. The number of pyridine rings is 1. The Balaban J connectivity index is 2.59. The maximum atomic E-state index is 11.8. The second-order valence-corrected chi connectivity index (χ2v) is 5.48. The Kier molecular flexibility index (Phi) is 4.10. The summed E-state index contributed by atoms with van der Waals surface area (Å²) in [6, 6.07) is 1.71. The lowest BCUT2D eigenvalue weighted by molar-refractivity contribution is 0.0950. The first-order valence-electron chi connectivity index (χ1n) is 5.80. The number of nitrogens with one attached hydrogen (secondary N) is 1. The van der Waals surface area contributed by atoms with Gasteiger partial charge in [-0.25, -0.2) is 0 Å². The Morgan fingerprint density at radius 1 is 1.47 bits per heavy atom. The van der Waals surface area contributed by atoms with Gasteiger partial charge < -0.3 is 11.1 Å². The average Bonchev–Trinajstić information content (AvgIpc) is 2.15. The minimum absolute atomic E-state index is 0.153. The topological polar surface area (TPSA) is 68.0 Å². The number of nitrogens with two attached hydrogens (primary N) is 1. The molecule has 4 heteroatoms. The highest BCUT2D eigenvalue weighted by Gasteiger charge is 2.13. The van der Waals surface area contributed by atoms with Gasteiger partial charge in [-0.1, -0.05) is 20.8 Å². The fraction of sp³-hybridized carbons (Fsp3) is 0.538. The molecule has 0 bridgehead atoms. The molecule has 0 aromatic carbocycles. The van der Waals surface area contributed by atoms with Crippen LogP contribution in [-0.2, 0) is 0 Å². The Morgan fingerprint density at radius 2 is 2.12 bits per heavy atom. The molecule has 94 valence electrons. The predicted octanol–water partition coefficient (Wildman–Crippen LogP) is 2.14. The molecule has 1 rings (SSSR count). The first-order valence-corrected chi connectivity index (χ1v) is 5.80. The van der Waals surface area contributed by atoms with Gasteiger partial charge >= 0.3 is 0 Å². The van der Waals surface area contributed by atoms with Gasteiger partial charge in [-0.05, 0) is 24.8 Å². The number of aryl methyl sites for hydroxylation is 1. The number of anilines is 1. The SMILES string of the molecule is Cc1cc(N)c(C(=O)NCCC(C)(C)C)cn1. The fourth-order valence-electron chi connectivity index (χ4n) is 1.42. The van der Waals surface area contributed by atoms with E-state index in [-0.39, 0.29) is 11.3 Å². The lowest BCUT2D eigenvalue weighted by Crippen LogP contribution is -2.28. The van der Waals surface area contributed by atoms with Crippen molar-refractivity contribution in [3.05, 3.63) is 23.5 Å². The predicted molar refractivity (Wildman–Crippen MR) is 69.8 cm³/mol. The Labute approximate surface area is 103 Å². The van der Waals surface area contributed by atoms with E-state index in [1.807, 2.05) is 6.92 Å². The lowest BCUT2D eigenvalue weighted by Gasteiger charge is -2.18. The minimum atomic E-state index is -0.153. The van der Waals surface area contributed by atoms with Crippen LogP contribution in [0.1, 0.15) is 43.2 Å². The first-order chi connectivity index (χ1) is 7.79. The highest BCUT2D eigenvalue weighted by atomic mass is 16.1. The molecule has 1 amide bonds. The molecular formula is C13H21N3O. The zero-order chi connectivity index (χ0) is 13.1. The molecule has 0 saturated heterocycles. The minimum Gasteiger partial charge on any atom is -0.398 e. The van der Waals surface area contributed by atoms with Gasteiger partial charge in [0.25, 0.3) is 5.91 Å². The van der Waals surface area contributed by atoms with Crippen molar-refractivity contribution in [1.82, 2.24) is 10.3 Å². The average molecular weight is 235 g/mol. The van der Waals surface area contributed by atoms with Crippen LogP contribution in [0.25, 0.3) is 0 Å². The van der Waals surface area contributed by atoms with Crippen LogP contribution >= 0.6 is 0 Å². The highest BCUT2D eigenvalue weighted by molar-refractivity contribution is 5.98. The Bertz CT molecular complexity index is 408. The monoisotopic (exact) mass is 235 g/mol. The summed E-state index contributed by atoms with van der Waals surface area (Å²) in [7, 11) is 0. The number of carbonyl (C=O) groups is 1. The normalized spacial score (nSPS) is 11.3. The van der Waals surface area contributed by atoms with Gasteiger partial charge in [0.2, 0.25) is 0 Å². The van der Waals surface area contributed by atoms with Gasteiger partial charge in [0, 0.05) is 24.1 Å². The quantitative estimate of drug-likeness (QED) is 0.843. The summed E-state index contributed by atoms with van der Waals surface area (Å²) in [5.41, 5.74) is 7.73. The molecule has 0 saturated carbocycles. The largest absolute Gasteiger partial charge is 0.398 e. The summed E-state index contributed by atoms with van der Waals surface area (Å²) in [5, 5.41) is 2.86. The number of nitrogen functional groups attached to an aromatic ring is 1. The summed E-state index contributed by atoms with van der Waals surface area (Å²) in [4.78, 5) is 15.9. The van der Waals surface area contributed by atoms with Crippen molar-refractivity contribution in [3.63, 3.8) is 0 Å². The van der Waals surface area contributed by atoms with E-state index >= 15 is 0 Å². The van der Waals surface area contributed by atoms with Crippen LogP contribution in [0.3, 0.4) is 0 Å². The van der Waals surface area contributed by atoms with Crippen LogP contribution in [0.5, 0.6) is 0 Å². The molecule has 0 aliphatic rings. The molecule has 4 nitrogen and oxygen atoms in total. The van der Waals surface area contributed by atoms with Gasteiger partial charge in [0.15, 0.2) is 0 Å². The molecule has 0 aliphatic carbocycles. The molecule has 0 atom stereocenters. The van der Waals surface area contributed by atoms with E-state index in [1.54, 1.807) is 6.07 Å². The van der Waals surface area contributed by atoms with E-state index in [1.165, 1.54) is 6.20 Å². The summed E-state index contributed by atoms with van der Waals surface area (Å²) < 4.78 is 0. The van der Waals surface area contributed by atoms with Crippen molar-refractivity contribution in [3.8, 4) is 0 Å². The number of aromatic nitrogens is 1. The van der Waals surface area contributed by atoms with Gasteiger partial charge in [-0.3, -0.25) is 9.78 Å². The number of nitrogens with zero attached hydrogens (tertiary/aromatic N) is 1. The van der Waals surface area contributed by atoms with Crippen molar-refractivity contribution in [2.24, 2.45) is 5.41 Å². The van der Waals surface area contributed by atoms with E-state index in [9.17, 15) is 4.79 Å². The second kappa shape index (κ2) is 5.17. The number of hydrogen-bond acceptors (Lipinski definition) is 3. The standard InChI is InChI=1S/C13H21N3O/c1-9-7-11(14)10(8-16-9)12(17)15-6-5-13(2,3)4/h7-8H,5-6H2,1-4H3,(H2,14,16)(H,15,17). The van der Waals surface area contributed by atoms with E-state index < -0.39 is 0 Å². The summed E-state index contributed by atoms with van der Waals surface area (Å²) >= 11 is 0. The first kappa shape index (κ1) is 13.5. The van der Waals surface area contributed by atoms with Crippen molar-refractivity contribution in [2.45, 2.75) is 34.1 Å². The highest BCUT2D eigenvalue weighted by Crippen LogP contribution is 2.17. The van der Waals surface area contributed by atoms with Gasteiger partial charge in [-0.2, -0.15) is 0 Å². The third-order valence-corrected chi connectivity index (χ3v) is 2.48. The molecule has 3 N–H and O–H groups in total. The van der Waals surface area contributed by atoms with E-state index in [4.69, 9.17) is 5.73 Å². The van der Waals surface area contributed by atoms with Crippen LogP contribution in [-0.4, -0.2) is 17.4 Å². The summed E-state index contributed by atoms with van der Waals surface area (Å²) in [5.74, 6) is -0.153. The molecule has 0 aliphatic heterocycles. The maximum absolute atomic E-state index is 11.8. The lowest BCUT2D eigenvalue weighted by atomic mass is 9.92. The van der Waals surface area contributed by atoms with Crippen LogP contribution in [0, 0.1) is 12.3 Å². The zero-order valence-corrected chi connectivity index (χ0v) is 11.0. The van der Waals surface area contributed by atoms with Crippen molar-refractivity contribution < 1.29 is 4.79 Å². The second-order valence-electron chi connectivity index (χ2n) is 5.48. The van der Waals surface area contributed by atoms with E-state index in [0.717, 1.165) is 12.1 Å². The Morgan fingerprint density at radius 3 is 2.65 bits per heavy atom. The third-order valence-electron chi connectivity index (χ3n) is 2.48. The zero-order valence-electron chi connectivity index (χ0n) is 11.0. The number of amides is 1. The molecule has 1 heterocycles. The van der Waals surface area contributed by atoms with E-state index in [2.05, 4.69) is 31.1 Å². The molecular weight excluding hydrogens is 214 g/mol. The van der Waals surface area contributed by atoms with Crippen LogP contribution in [0.15, 0.2) is 12.3 Å². The van der Waals surface area contributed by atoms with Crippen LogP contribution < -0.4 is 11.1 Å². The van der Waals surface area contributed by atoms with Crippen molar-refractivity contribution >= 4 is 11.6 Å². The van der Waals surface area contributed by atoms with Crippen LogP contribution in [0.4, 0.5) is 5.69 Å². The van der Waals surface area contributed by atoms with Gasteiger partial charge in [0.05, 0.1) is 5.56 Å². The molecule has 0 fully saturated rings. The molecule has 1 aromatic rings. The number of rotatable bonds is 3. The molecule has 0 spiro atoms. The Hall–Kier alpha value is -1.58. The molecule has 1 aromatic heterocycles. The van der Waals surface area contributed by atoms with Gasteiger partial charge in [0.1, 0.15) is 0 Å². The fourth-order valence-corrected chi connectivity index (χ4v) is 1.42. The summed E-state index contributed by atoms with van der Waals surface area (Å²) in [6.45, 7) is 8.91. The maximum Gasteiger partial charge on any atom is 0.254 e. The van der Waals surface area contributed by atoms with Crippen LogP contribution in [0.2, 0.25) is 0 Å². The number of carbonyl (C=O) groups excluding carboxylic acids is 1.